The fraction of sp³-hybridized carbons (Fsp3) is 0.522. The zero-order valence-electron chi connectivity index (χ0n) is 19.4. The number of ether oxygens (including phenoxy) is 1. The van der Waals surface area contributed by atoms with E-state index >= 15 is 0 Å². The molecule has 0 radical (unpaired) electrons. The maximum absolute atomic E-state index is 13.2. The van der Waals surface area contributed by atoms with Crippen LogP contribution in [0.4, 0.5) is 5.69 Å². The largest absolute Gasteiger partial charge is 0.456 e. The number of esters is 1. The number of nitrogens with zero attached hydrogens (tertiary/aromatic N) is 3. The van der Waals surface area contributed by atoms with Crippen molar-refractivity contribution in [3.63, 3.8) is 0 Å². The molecule has 1 saturated carbocycles. The van der Waals surface area contributed by atoms with Gasteiger partial charge in [-0.05, 0) is 44.9 Å². The highest BCUT2D eigenvalue weighted by atomic mass is 32.2. The van der Waals surface area contributed by atoms with Crippen LogP contribution in [0.25, 0.3) is 0 Å². The van der Waals surface area contributed by atoms with Crippen LogP contribution in [0.5, 0.6) is 0 Å². The molecule has 1 amide bonds. The number of amides is 1. The van der Waals surface area contributed by atoms with E-state index < -0.39 is 28.5 Å². The molecule has 0 saturated heterocycles. The van der Waals surface area contributed by atoms with Crippen molar-refractivity contribution < 1.29 is 22.7 Å². The first-order chi connectivity index (χ1) is 15.7. The molecule has 1 fully saturated rings. The van der Waals surface area contributed by atoms with E-state index in [9.17, 15) is 18.0 Å². The lowest BCUT2D eigenvalue weighted by Crippen LogP contribution is -2.38. The number of anilines is 1. The molecule has 10 heteroatoms. The number of rotatable bonds is 9. The SMILES string of the molecule is Cc1cc(C)n(CCC(=O)OCC(=O)Nc2ccccc2S(=O)(=O)N(C)C2CCCCC2)n1. The van der Waals surface area contributed by atoms with E-state index in [0.717, 1.165) is 43.5 Å². The summed E-state index contributed by atoms with van der Waals surface area (Å²) in [5.74, 6) is -1.13. The van der Waals surface area contributed by atoms with Gasteiger partial charge in [0.1, 0.15) is 4.90 Å². The molecule has 1 aromatic carbocycles. The Labute approximate surface area is 195 Å². The molecule has 0 spiro atoms. The van der Waals surface area contributed by atoms with E-state index in [4.69, 9.17) is 4.74 Å². The van der Waals surface area contributed by atoms with Gasteiger partial charge in [-0.15, -0.1) is 0 Å². The number of benzene rings is 1. The number of aromatic nitrogens is 2. The molecule has 0 atom stereocenters. The van der Waals surface area contributed by atoms with Crippen LogP contribution >= 0.6 is 0 Å². The van der Waals surface area contributed by atoms with Gasteiger partial charge in [-0.3, -0.25) is 14.3 Å². The molecule has 3 rings (SSSR count). The van der Waals surface area contributed by atoms with Crippen LogP contribution in [-0.2, 0) is 30.9 Å². The Hall–Kier alpha value is -2.72. The molecular formula is C23H32N4O5S. The number of nitrogens with one attached hydrogen (secondary N) is 1. The molecule has 0 bridgehead atoms. The molecule has 2 aromatic rings. The summed E-state index contributed by atoms with van der Waals surface area (Å²) in [5, 5.41) is 6.86. The smallest absolute Gasteiger partial charge is 0.308 e. The third-order valence-corrected chi connectivity index (χ3v) is 7.87. The van der Waals surface area contributed by atoms with Gasteiger partial charge < -0.3 is 10.1 Å². The Kier molecular flexibility index (Phi) is 8.25. The summed E-state index contributed by atoms with van der Waals surface area (Å²) in [4.78, 5) is 24.5. The maximum atomic E-state index is 13.2. The third kappa shape index (κ3) is 6.42. The van der Waals surface area contributed by atoms with Gasteiger partial charge in [-0.25, -0.2) is 8.42 Å². The summed E-state index contributed by atoms with van der Waals surface area (Å²) in [6, 6.07) is 8.15. The highest BCUT2D eigenvalue weighted by molar-refractivity contribution is 7.89. The summed E-state index contributed by atoms with van der Waals surface area (Å²) < 4.78 is 34.6. The van der Waals surface area contributed by atoms with E-state index in [0.29, 0.717) is 6.54 Å². The van der Waals surface area contributed by atoms with Gasteiger partial charge in [0.2, 0.25) is 10.0 Å². The van der Waals surface area contributed by atoms with E-state index in [1.807, 2.05) is 19.9 Å². The molecule has 0 aliphatic heterocycles. The molecular weight excluding hydrogens is 444 g/mol. The summed E-state index contributed by atoms with van der Waals surface area (Å²) >= 11 is 0. The van der Waals surface area contributed by atoms with Gasteiger partial charge in [-0.1, -0.05) is 31.4 Å². The Balaban J connectivity index is 1.57. The van der Waals surface area contributed by atoms with Crippen molar-refractivity contribution in [2.45, 2.75) is 69.9 Å². The minimum Gasteiger partial charge on any atom is -0.456 e. The summed E-state index contributed by atoms with van der Waals surface area (Å²) in [7, 11) is -2.19. The molecule has 1 heterocycles. The van der Waals surface area contributed by atoms with Gasteiger partial charge in [-0.2, -0.15) is 9.40 Å². The Morgan fingerprint density at radius 2 is 1.88 bits per heavy atom. The second kappa shape index (κ2) is 10.9. The Morgan fingerprint density at radius 1 is 1.18 bits per heavy atom. The van der Waals surface area contributed by atoms with Crippen LogP contribution in [0.3, 0.4) is 0 Å². The van der Waals surface area contributed by atoms with Gasteiger partial charge in [0.15, 0.2) is 6.61 Å². The van der Waals surface area contributed by atoms with E-state index in [2.05, 4.69) is 10.4 Å². The van der Waals surface area contributed by atoms with Gasteiger partial charge >= 0.3 is 5.97 Å². The minimum atomic E-state index is -3.79. The Bertz CT molecular complexity index is 1090. The van der Waals surface area contributed by atoms with Crippen molar-refractivity contribution in [1.82, 2.24) is 14.1 Å². The molecule has 0 unspecified atom stereocenters. The number of carbonyl (C=O) groups excluding carboxylic acids is 2. The first-order valence-electron chi connectivity index (χ1n) is 11.2. The molecule has 33 heavy (non-hydrogen) atoms. The molecule has 1 N–H and O–H groups in total. The van der Waals surface area contributed by atoms with Crippen molar-refractivity contribution in [2.75, 3.05) is 19.0 Å². The van der Waals surface area contributed by atoms with Crippen LogP contribution in [-0.4, -0.2) is 54.1 Å². The highest BCUT2D eigenvalue weighted by Crippen LogP contribution is 2.29. The first-order valence-corrected chi connectivity index (χ1v) is 12.7. The molecule has 180 valence electrons. The standard InChI is InChI=1S/C23H32N4O5S/c1-17-15-18(2)27(25-17)14-13-23(29)32-16-22(28)24-20-11-7-8-12-21(20)33(30,31)26(3)19-9-5-4-6-10-19/h7-8,11-12,15,19H,4-6,9-10,13-14,16H2,1-3H3,(H,24,28). The summed E-state index contributed by atoms with van der Waals surface area (Å²) in [5.41, 5.74) is 1.97. The maximum Gasteiger partial charge on any atom is 0.308 e. The van der Waals surface area contributed by atoms with Crippen LogP contribution in [0.2, 0.25) is 0 Å². The van der Waals surface area contributed by atoms with E-state index in [1.165, 1.54) is 16.4 Å². The predicted octanol–water partition coefficient (Wildman–Crippen LogP) is 3.03. The monoisotopic (exact) mass is 476 g/mol. The summed E-state index contributed by atoms with van der Waals surface area (Å²) in [6.45, 7) is 3.63. The zero-order valence-corrected chi connectivity index (χ0v) is 20.2. The normalized spacial score (nSPS) is 14.9. The minimum absolute atomic E-state index is 0.0299. The lowest BCUT2D eigenvalue weighted by atomic mass is 9.96. The summed E-state index contributed by atoms with van der Waals surface area (Å²) in [6.07, 6.45) is 4.88. The second-order valence-electron chi connectivity index (χ2n) is 8.42. The zero-order chi connectivity index (χ0) is 24.0. The average molecular weight is 477 g/mol. The predicted molar refractivity (Wildman–Crippen MR) is 124 cm³/mol. The van der Waals surface area contributed by atoms with Crippen LogP contribution < -0.4 is 5.32 Å². The first kappa shape index (κ1) is 24.9. The van der Waals surface area contributed by atoms with Crippen LogP contribution in [0.1, 0.15) is 49.9 Å². The van der Waals surface area contributed by atoms with Crippen molar-refractivity contribution in [2.24, 2.45) is 0 Å². The number of hydrogen-bond donors (Lipinski definition) is 1. The van der Waals surface area contributed by atoms with Gasteiger partial charge in [0, 0.05) is 18.8 Å². The van der Waals surface area contributed by atoms with E-state index in [1.54, 1.807) is 23.9 Å². The number of sulfonamides is 1. The fourth-order valence-electron chi connectivity index (χ4n) is 4.09. The number of hydrogen-bond acceptors (Lipinski definition) is 6. The van der Waals surface area contributed by atoms with Crippen LogP contribution in [0, 0.1) is 13.8 Å². The van der Waals surface area contributed by atoms with Crippen molar-refractivity contribution in [1.29, 1.82) is 0 Å². The number of para-hydroxylation sites is 1. The molecule has 9 nitrogen and oxygen atoms in total. The van der Waals surface area contributed by atoms with Gasteiger partial charge in [0.25, 0.3) is 5.91 Å². The van der Waals surface area contributed by atoms with Crippen molar-refractivity contribution in [3.05, 3.63) is 41.7 Å². The highest BCUT2D eigenvalue weighted by Gasteiger charge is 2.31. The quantitative estimate of drug-likeness (QED) is 0.557. The second-order valence-corrected chi connectivity index (χ2v) is 10.4. The topological polar surface area (TPSA) is 111 Å². The van der Waals surface area contributed by atoms with E-state index in [-0.39, 0.29) is 23.0 Å². The third-order valence-electron chi connectivity index (χ3n) is 5.90. The van der Waals surface area contributed by atoms with Crippen LogP contribution in [0.15, 0.2) is 35.2 Å². The molecule has 1 aliphatic rings. The lowest BCUT2D eigenvalue weighted by Gasteiger charge is -2.30. The number of carbonyl (C=O) groups is 2. The number of aryl methyl sites for hydroxylation is 3. The molecule has 1 aliphatic carbocycles. The van der Waals surface area contributed by atoms with Gasteiger partial charge in [0.05, 0.1) is 24.3 Å². The fourth-order valence-corrected chi connectivity index (χ4v) is 5.65. The van der Waals surface area contributed by atoms with Crippen molar-refractivity contribution in [3.8, 4) is 0 Å². The Morgan fingerprint density at radius 3 is 2.55 bits per heavy atom. The lowest BCUT2D eigenvalue weighted by molar-refractivity contribution is -0.147. The van der Waals surface area contributed by atoms with Crippen molar-refractivity contribution >= 4 is 27.6 Å². The average Bonchev–Trinajstić information content (AvgIpc) is 3.13. The molecule has 1 aromatic heterocycles.